The maximum Gasteiger partial charge on any atom is 0.417 e. The molecule has 0 unspecified atom stereocenters. The van der Waals surface area contributed by atoms with Gasteiger partial charge in [0.05, 0.1) is 15.5 Å². The van der Waals surface area contributed by atoms with Crippen molar-refractivity contribution in [1.82, 2.24) is 10.0 Å². The van der Waals surface area contributed by atoms with Gasteiger partial charge in [0.15, 0.2) is 0 Å². The molecule has 5 nitrogen and oxygen atoms in total. The normalized spacial score (nSPS) is 12.0. The van der Waals surface area contributed by atoms with Gasteiger partial charge in [0, 0.05) is 18.7 Å². The van der Waals surface area contributed by atoms with E-state index in [1.165, 1.54) is 12.1 Å². The summed E-state index contributed by atoms with van der Waals surface area (Å²) in [5.74, 6) is -0.259. The van der Waals surface area contributed by atoms with Gasteiger partial charge in [0.25, 0.3) is 5.91 Å². The summed E-state index contributed by atoms with van der Waals surface area (Å²) >= 11 is 5.50. The van der Waals surface area contributed by atoms with E-state index in [-0.39, 0.29) is 12.5 Å². The molecule has 0 aliphatic rings. The summed E-state index contributed by atoms with van der Waals surface area (Å²) in [5, 5.41) is 2.05. The molecule has 0 spiro atoms. The average molecular weight is 421 g/mol. The largest absolute Gasteiger partial charge is 0.417 e. The Hall–Kier alpha value is -2.10. The van der Waals surface area contributed by atoms with E-state index < -0.39 is 31.7 Å². The molecule has 0 fully saturated rings. The molecule has 0 aliphatic carbocycles. The molecule has 2 aromatic carbocycles. The number of benzene rings is 2. The number of hydrogen-bond acceptors (Lipinski definition) is 3. The lowest BCUT2D eigenvalue weighted by Gasteiger charge is -2.12. The summed E-state index contributed by atoms with van der Waals surface area (Å²) in [7, 11) is -4.18. The molecule has 1 amide bonds. The van der Waals surface area contributed by atoms with E-state index in [1.54, 1.807) is 19.1 Å². The van der Waals surface area contributed by atoms with Crippen LogP contribution in [0.2, 0.25) is 5.02 Å². The molecule has 146 valence electrons. The minimum atomic E-state index is -4.77. The van der Waals surface area contributed by atoms with E-state index in [0.717, 1.165) is 12.1 Å². The second-order valence-electron chi connectivity index (χ2n) is 5.52. The molecule has 2 N–H and O–H groups in total. The number of carbonyl (C=O) groups is 1. The van der Waals surface area contributed by atoms with Crippen LogP contribution in [0.3, 0.4) is 0 Å². The zero-order chi connectivity index (χ0) is 20.2. The van der Waals surface area contributed by atoms with Crippen LogP contribution in [-0.4, -0.2) is 20.9 Å². The Kier molecular flexibility index (Phi) is 6.50. The highest BCUT2D eigenvalue weighted by molar-refractivity contribution is 7.89. The second-order valence-corrected chi connectivity index (χ2v) is 7.69. The van der Waals surface area contributed by atoms with Crippen LogP contribution in [0.15, 0.2) is 47.4 Å². The predicted molar refractivity (Wildman–Crippen MR) is 94.9 cm³/mol. The summed E-state index contributed by atoms with van der Waals surface area (Å²) in [6, 6.07) is 8.53. The van der Waals surface area contributed by atoms with Crippen molar-refractivity contribution in [2.24, 2.45) is 0 Å². The minimum absolute atomic E-state index is 0.151. The van der Waals surface area contributed by atoms with E-state index >= 15 is 0 Å². The lowest BCUT2D eigenvalue weighted by molar-refractivity contribution is -0.137. The minimum Gasteiger partial charge on any atom is -0.352 e. The number of carbonyl (C=O) groups excluding carboxylic acids is 1. The highest BCUT2D eigenvalue weighted by Crippen LogP contribution is 2.35. The van der Waals surface area contributed by atoms with Crippen LogP contribution in [0.25, 0.3) is 0 Å². The van der Waals surface area contributed by atoms with Crippen molar-refractivity contribution in [1.29, 1.82) is 0 Å². The molecule has 0 radical (unpaired) electrons. The van der Waals surface area contributed by atoms with Gasteiger partial charge in [-0.15, -0.1) is 0 Å². The molecular formula is C17H16ClF3N2O3S. The van der Waals surface area contributed by atoms with Crippen LogP contribution in [0.5, 0.6) is 0 Å². The molecule has 2 aromatic rings. The maximum absolute atomic E-state index is 12.9. The lowest BCUT2D eigenvalue weighted by Crippen LogP contribution is -2.24. The van der Waals surface area contributed by atoms with Crippen LogP contribution in [0, 0.1) is 0 Å². The Morgan fingerprint density at radius 3 is 2.30 bits per heavy atom. The molecule has 0 aromatic heterocycles. The van der Waals surface area contributed by atoms with Gasteiger partial charge in [-0.1, -0.05) is 23.7 Å². The zero-order valence-electron chi connectivity index (χ0n) is 14.1. The van der Waals surface area contributed by atoms with Crippen molar-refractivity contribution in [2.45, 2.75) is 24.5 Å². The monoisotopic (exact) mass is 420 g/mol. The first-order valence-electron chi connectivity index (χ1n) is 7.78. The Labute approximate surface area is 159 Å². The summed E-state index contributed by atoms with van der Waals surface area (Å²) in [4.78, 5) is 11.1. The topological polar surface area (TPSA) is 75.3 Å². The fourth-order valence-corrected chi connectivity index (χ4v) is 3.46. The summed E-state index contributed by atoms with van der Waals surface area (Å²) in [6.45, 7) is 2.10. The first kappa shape index (κ1) is 21.2. The van der Waals surface area contributed by atoms with Crippen LogP contribution >= 0.6 is 11.6 Å². The number of hydrogen-bond donors (Lipinski definition) is 2. The van der Waals surface area contributed by atoms with Gasteiger partial charge in [-0.2, -0.15) is 13.2 Å². The number of amides is 1. The van der Waals surface area contributed by atoms with E-state index in [4.69, 9.17) is 11.6 Å². The molecule has 10 heteroatoms. The van der Waals surface area contributed by atoms with Gasteiger partial charge in [-0.05, 0) is 42.8 Å². The first-order chi connectivity index (χ1) is 12.5. The van der Waals surface area contributed by atoms with Gasteiger partial charge < -0.3 is 5.32 Å². The standard InChI is InChI=1S/C17H16ClF3N2O3S/c1-2-22-16(24)12-5-3-11(4-6-12)10-23-27(25,26)13-7-8-15(18)14(9-13)17(19,20)21/h3-9,23H,2,10H2,1H3,(H,22,24). The van der Waals surface area contributed by atoms with Crippen molar-refractivity contribution in [2.75, 3.05) is 6.54 Å². The van der Waals surface area contributed by atoms with Gasteiger partial charge in [0.1, 0.15) is 0 Å². The quantitative estimate of drug-likeness (QED) is 0.750. The number of alkyl halides is 3. The third-order valence-electron chi connectivity index (χ3n) is 3.57. The molecular weight excluding hydrogens is 405 g/mol. The number of halogens is 4. The second kappa shape index (κ2) is 8.28. The summed E-state index contributed by atoms with van der Waals surface area (Å²) in [6.07, 6.45) is -4.77. The Bertz CT molecular complexity index is 929. The SMILES string of the molecule is CCNC(=O)c1ccc(CNS(=O)(=O)c2ccc(Cl)c(C(F)(F)F)c2)cc1. The first-order valence-corrected chi connectivity index (χ1v) is 9.64. The molecule has 27 heavy (non-hydrogen) atoms. The van der Waals surface area contributed by atoms with Gasteiger partial charge in [-0.3, -0.25) is 4.79 Å². The predicted octanol–water partition coefficient (Wildman–Crippen LogP) is 3.59. The molecule has 2 rings (SSSR count). The average Bonchev–Trinajstić information content (AvgIpc) is 2.60. The van der Waals surface area contributed by atoms with Crippen molar-refractivity contribution in [3.63, 3.8) is 0 Å². The highest BCUT2D eigenvalue weighted by Gasteiger charge is 2.34. The highest BCUT2D eigenvalue weighted by atomic mass is 35.5. The molecule has 0 bridgehead atoms. The third kappa shape index (κ3) is 5.44. The Morgan fingerprint density at radius 2 is 1.74 bits per heavy atom. The number of rotatable bonds is 6. The molecule has 0 saturated heterocycles. The van der Waals surface area contributed by atoms with Crippen LogP contribution in [-0.2, 0) is 22.7 Å². The summed E-state index contributed by atoms with van der Waals surface area (Å²) < 4.78 is 65.4. The van der Waals surface area contributed by atoms with E-state index in [2.05, 4.69) is 10.0 Å². The van der Waals surface area contributed by atoms with E-state index in [0.29, 0.717) is 23.7 Å². The molecule has 0 heterocycles. The number of nitrogens with one attached hydrogen (secondary N) is 2. The number of sulfonamides is 1. The van der Waals surface area contributed by atoms with Crippen LogP contribution in [0.4, 0.5) is 13.2 Å². The van der Waals surface area contributed by atoms with Gasteiger partial charge >= 0.3 is 6.18 Å². The van der Waals surface area contributed by atoms with E-state index in [1.807, 2.05) is 0 Å². The fourth-order valence-electron chi connectivity index (χ4n) is 2.19. The zero-order valence-corrected chi connectivity index (χ0v) is 15.7. The molecule has 0 saturated carbocycles. The smallest absolute Gasteiger partial charge is 0.352 e. The van der Waals surface area contributed by atoms with E-state index in [9.17, 15) is 26.4 Å². The van der Waals surface area contributed by atoms with Gasteiger partial charge in [0.2, 0.25) is 10.0 Å². The Morgan fingerprint density at radius 1 is 1.11 bits per heavy atom. The Balaban J connectivity index is 2.14. The lowest BCUT2D eigenvalue weighted by atomic mass is 10.1. The van der Waals surface area contributed by atoms with Crippen molar-refractivity contribution < 1.29 is 26.4 Å². The van der Waals surface area contributed by atoms with Crippen molar-refractivity contribution >= 4 is 27.5 Å². The van der Waals surface area contributed by atoms with Crippen molar-refractivity contribution in [3.8, 4) is 0 Å². The fraction of sp³-hybridized carbons (Fsp3) is 0.235. The maximum atomic E-state index is 12.9. The molecule has 0 atom stereocenters. The van der Waals surface area contributed by atoms with Crippen LogP contribution < -0.4 is 10.0 Å². The van der Waals surface area contributed by atoms with Crippen molar-refractivity contribution in [3.05, 3.63) is 64.2 Å². The molecule has 0 aliphatic heterocycles. The van der Waals surface area contributed by atoms with Gasteiger partial charge in [-0.25, -0.2) is 13.1 Å². The summed E-state index contributed by atoms with van der Waals surface area (Å²) in [5.41, 5.74) is -0.272. The third-order valence-corrected chi connectivity index (χ3v) is 5.30. The van der Waals surface area contributed by atoms with Crippen LogP contribution in [0.1, 0.15) is 28.4 Å².